The molecule has 2 aromatic carbocycles. The van der Waals surface area contributed by atoms with Crippen molar-refractivity contribution in [3.05, 3.63) is 81.9 Å². The first-order chi connectivity index (χ1) is 12.2. The molecule has 2 aromatic rings. The second-order valence-corrected chi connectivity index (χ2v) is 6.82. The Morgan fingerprint density at radius 2 is 1.72 bits per heavy atom. The summed E-state index contributed by atoms with van der Waals surface area (Å²) in [4.78, 5) is 24.6. The molecule has 0 aromatic heterocycles. The minimum atomic E-state index is -0.393. The van der Waals surface area contributed by atoms with E-state index in [4.69, 9.17) is 4.74 Å². The van der Waals surface area contributed by atoms with Crippen LogP contribution in [-0.4, -0.2) is 24.7 Å². The van der Waals surface area contributed by atoms with Crippen LogP contribution in [0.3, 0.4) is 0 Å². The maximum absolute atomic E-state index is 12.4. The number of ether oxygens (including phenoxy) is 1. The Bertz CT molecular complexity index is 797. The van der Waals surface area contributed by atoms with E-state index in [-0.39, 0.29) is 5.91 Å². The predicted molar refractivity (Wildman–Crippen MR) is 99.3 cm³/mol. The molecule has 1 aliphatic heterocycles. The van der Waals surface area contributed by atoms with Gasteiger partial charge in [-0.25, -0.2) is 4.79 Å². The lowest BCUT2D eigenvalue weighted by Gasteiger charge is -2.09. The number of nitrogens with one attached hydrogen (secondary N) is 1. The zero-order valence-corrected chi connectivity index (χ0v) is 14.8. The van der Waals surface area contributed by atoms with Crippen molar-refractivity contribution in [1.29, 1.82) is 0 Å². The average molecular weight is 353 g/mol. The molecule has 128 valence electrons. The summed E-state index contributed by atoms with van der Waals surface area (Å²) in [5, 5.41) is 2.85. The highest BCUT2D eigenvalue weighted by Crippen LogP contribution is 2.30. The minimum Gasteiger partial charge on any atom is -0.465 e. The summed E-state index contributed by atoms with van der Waals surface area (Å²) in [6.07, 6.45) is 1.49. The van der Waals surface area contributed by atoms with Gasteiger partial charge in [-0.15, -0.1) is 11.8 Å². The second kappa shape index (κ2) is 8.03. The van der Waals surface area contributed by atoms with E-state index in [1.54, 1.807) is 0 Å². The SMILES string of the molecule is COC(=O)C1=C(NC(=O)c2ccc(Cc3ccccc3)cc2)CCS1. The van der Waals surface area contributed by atoms with Crippen molar-refractivity contribution < 1.29 is 14.3 Å². The predicted octanol–water partition coefficient (Wildman–Crippen LogP) is 3.53. The zero-order valence-electron chi connectivity index (χ0n) is 14.0. The topological polar surface area (TPSA) is 55.4 Å². The van der Waals surface area contributed by atoms with E-state index in [2.05, 4.69) is 17.4 Å². The molecule has 5 heteroatoms. The highest BCUT2D eigenvalue weighted by Gasteiger charge is 2.24. The zero-order chi connectivity index (χ0) is 17.6. The van der Waals surface area contributed by atoms with E-state index in [0.717, 1.165) is 17.7 Å². The smallest absolute Gasteiger partial charge is 0.346 e. The molecule has 25 heavy (non-hydrogen) atoms. The third kappa shape index (κ3) is 4.31. The number of methoxy groups -OCH3 is 1. The van der Waals surface area contributed by atoms with Crippen molar-refractivity contribution in [2.75, 3.05) is 12.9 Å². The molecule has 1 heterocycles. The van der Waals surface area contributed by atoms with Gasteiger partial charge >= 0.3 is 5.97 Å². The van der Waals surface area contributed by atoms with Crippen LogP contribution in [0.2, 0.25) is 0 Å². The number of esters is 1. The molecule has 4 nitrogen and oxygen atoms in total. The van der Waals surface area contributed by atoms with E-state index >= 15 is 0 Å². The van der Waals surface area contributed by atoms with Crippen molar-refractivity contribution >= 4 is 23.6 Å². The molecule has 1 aliphatic rings. The van der Waals surface area contributed by atoms with Gasteiger partial charge in [0.25, 0.3) is 5.91 Å². The molecule has 0 bridgehead atoms. The van der Waals surface area contributed by atoms with Crippen LogP contribution in [0, 0.1) is 0 Å². The first kappa shape index (κ1) is 17.3. The van der Waals surface area contributed by atoms with E-state index in [9.17, 15) is 9.59 Å². The van der Waals surface area contributed by atoms with Gasteiger partial charge in [-0.3, -0.25) is 4.79 Å². The van der Waals surface area contributed by atoms with Crippen LogP contribution < -0.4 is 5.32 Å². The summed E-state index contributed by atoms with van der Waals surface area (Å²) in [5.41, 5.74) is 3.60. The largest absolute Gasteiger partial charge is 0.465 e. The number of hydrogen-bond donors (Lipinski definition) is 1. The maximum Gasteiger partial charge on any atom is 0.346 e. The number of amides is 1. The van der Waals surface area contributed by atoms with E-state index in [0.29, 0.717) is 22.6 Å². The monoisotopic (exact) mass is 353 g/mol. The maximum atomic E-state index is 12.4. The molecule has 0 atom stereocenters. The molecule has 1 N–H and O–H groups in total. The number of carbonyl (C=O) groups is 2. The lowest BCUT2D eigenvalue weighted by molar-refractivity contribution is -0.135. The van der Waals surface area contributed by atoms with E-state index in [1.165, 1.54) is 24.4 Å². The number of hydrogen-bond acceptors (Lipinski definition) is 4. The van der Waals surface area contributed by atoms with Crippen molar-refractivity contribution in [1.82, 2.24) is 5.32 Å². The minimum absolute atomic E-state index is 0.204. The Morgan fingerprint density at radius 3 is 2.40 bits per heavy atom. The Kier molecular flexibility index (Phi) is 5.56. The van der Waals surface area contributed by atoms with Crippen LogP contribution in [-0.2, 0) is 16.0 Å². The Morgan fingerprint density at radius 1 is 1.04 bits per heavy atom. The van der Waals surface area contributed by atoms with Crippen molar-refractivity contribution in [3.8, 4) is 0 Å². The molecule has 0 radical (unpaired) electrons. The molecule has 0 saturated heterocycles. The Balaban J connectivity index is 1.68. The molecular weight excluding hydrogens is 334 g/mol. The summed E-state index contributed by atoms with van der Waals surface area (Å²) < 4.78 is 4.76. The lowest BCUT2D eigenvalue weighted by Crippen LogP contribution is -2.24. The summed E-state index contributed by atoms with van der Waals surface area (Å²) in [6, 6.07) is 17.7. The first-order valence-electron chi connectivity index (χ1n) is 8.06. The number of carbonyl (C=O) groups excluding carboxylic acids is 2. The van der Waals surface area contributed by atoms with Gasteiger partial charge in [-0.1, -0.05) is 42.5 Å². The summed E-state index contributed by atoms with van der Waals surface area (Å²) in [6.45, 7) is 0. The summed E-state index contributed by atoms with van der Waals surface area (Å²) >= 11 is 1.41. The van der Waals surface area contributed by atoms with Crippen LogP contribution in [0.15, 0.2) is 65.2 Å². The van der Waals surface area contributed by atoms with Crippen molar-refractivity contribution in [3.63, 3.8) is 0 Å². The van der Waals surface area contributed by atoms with Gasteiger partial charge in [-0.05, 0) is 36.1 Å². The molecule has 0 fully saturated rings. The fourth-order valence-electron chi connectivity index (χ4n) is 2.66. The molecule has 0 aliphatic carbocycles. The third-order valence-corrected chi connectivity index (χ3v) is 5.08. The van der Waals surface area contributed by atoms with Crippen LogP contribution >= 0.6 is 11.8 Å². The third-order valence-electron chi connectivity index (χ3n) is 3.97. The second-order valence-electron chi connectivity index (χ2n) is 5.71. The standard InChI is InChI=1S/C20H19NO3S/c1-24-20(23)18-17(11-12-25-18)21-19(22)16-9-7-15(8-10-16)13-14-5-3-2-4-6-14/h2-10H,11-13H2,1H3,(H,21,22). The van der Waals surface area contributed by atoms with Gasteiger partial charge < -0.3 is 10.1 Å². The quantitative estimate of drug-likeness (QED) is 0.836. The van der Waals surface area contributed by atoms with Crippen LogP contribution in [0.4, 0.5) is 0 Å². The average Bonchev–Trinajstić information content (AvgIpc) is 3.10. The van der Waals surface area contributed by atoms with Gasteiger partial charge in [0.2, 0.25) is 0 Å². The van der Waals surface area contributed by atoms with Crippen LogP contribution in [0.25, 0.3) is 0 Å². The fourth-order valence-corrected chi connectivity index (χ4v) is 3.70. The highest BCUT2D eigenvalue weighted by atomic mass is 32.2. The molecule has 1 amide bonds. The Hall–Kier alpha value is -2.53. The number of benzene rings is 2. The van der Waals surface area contributed by atoms with Crippen LogP contribution in [0.1, 0.15) is 27.9 Å². The molecule has 3 rings (SSSR count). The van der Waals surface area contributed by atoms with Gasteiger partial charge in [0, 0.05) is 17.0 Å². The van der Waals surface area contributed by atoms with E-state index < -0.39 is 5.97 Å². The summed E-state index contributed by atoms with van der Waals surface area (Å²) in [7, 11) is 1.35. The fraction of sp³-hybridized carbons (Fsp3) is 0.200. The summed E-state index contributed by atoms with van der Waals surface area (Å²) in [5.74, 6) is 0.178. The van der Waals surface area contributed by atoms with E-state index in [1.807, 2.05) is 42.5 Å². The van der Waals surface area contributed by atoms with Crippen LogP contribution in [0.5, 0.6) is 0 Å². The Labute approximate surface area is 151 Å². The van der Waals surface area contributed by atoms with Gasteiger partial charge in [0.15, 0.2) is 0 Å². The lowest BCUT2D eigenvalue weighted by atomic mass is 10.0. The highest BCUT2D eigenvalue weighted by molar-refractivity contribution is 8.04. The number of rotatable bonds is 5. The number of allylic oxidation sites excluding steroid dienone is 1. The molecular formula is C20H19NO3S. The number of thioether (sulfide) groups is 1. The first-order valence-corrected chi connectivity index (χ1v) is 9.04. The molecule has 0 spiro atoms. The van der Waals surface area contributed by atoms with Crippen molar-refractivity contribution in [2.45, 2.75) is 12.8 Å². The molecule has 0 unspecified atom stereocenters. The van der Waals surface area contributed by atoms with Gasteiger partial charge in [0.1, 0.15) is 4.91 Å². The van der Waals surface area contributed by atoms with Crippen molar-refractivity contribution in [2.24, 2.45) is 0 Å². The van der Waals surface area contributed by atoms with Gasteiger partial charge in [-0.2, -0.15) is 0 Å². The normalized spacial score (nSPS) is 13.6. The molecule has 0 saturated carbocycles. The van der Waals surface area contributed by atoms with Gasteiger partial charge in [0.05, 0.1) is 7.11 Å².